The van der Waals surface area contributed by atoms with E-state index in [4.69, 9.17) is 9.40 Å². The largest absolute Gasteiger partial charge is 0.467 e. The fourth-order valence-electron chi connectivity index (χ4n) is 2.99. The molecule has 0 amide bonds. The van der Waals surface area contributed by atoms with Gasteiger partial charge in [0.2, 0.25) is 5.95 Å². The maximum atomic E-state index is 13.4. The van der Waals surface area contributed by atoms with E-state index in [2.05, 4.69) is 15.3 Å². The number of nitrogens with zero attached hydrogens (tertiary/aromatic N) is 4. The van der Waals surface area contributed by atoms with Gasteiger partial charge in [0.25, 0.3) is 0 Å². The van der Waals surface area contributed by atoms with Gasteiger partial charge < -0.3 is 9.73 Å². The highest BCUT2D eigenvalue weighted by Gasteiger charge is 2.18. The van der Waals surface area contributed by atoms with Gasteiger partial charge in [-0.2, -0.15) is 0 Å². The van der Waals surface area contributed by atoms with E-state index in [1.165, 1.54) is 23.5 Å². The van der Waals surface area contributed by atoms with Crippen molar-refractivity contribution < 1.29 is 8.81 Å². The molecule has 1 N–H and O–H groups in total. The first kappa shape index (κ1) is 16.6. The number of thiazole rings is 1. The third kappa shape index (κ3) is 3.03. The zero-order chi connectivity index (χ0) is 18.9. The van der Waals surface area contributed by atoms with E-state index in [0.29, 0.717) is 12.5 Å². The predicted molar refractivity (Wildman–Crippen MR) is 106 cm³/mol. The van der Waals surface area contributed by atoms with Crippen LogP contribution in [0, 0.1) is 5.82 Å². The average Bonchev–Trinajstić information content (AvgIpc) is 3.44. The Bertz CT molecular complexity index is 1230. The molecule has 0 aliphatic carbocycles. The van der Waals surface area contributed by atoms with E-state index >= 15 is 0 Å². The lowest BCUT2D eigenvalue weighted by molar-refractivity contribution is 0.517. The summed E-state index contributed by atoms with van der Waals surface area (Å²) in [6, 6.07) is 11.9. The Morgan fingerprint density at radius 2 is 2.00 bits per heavy atom. The molecule has 0 spiro atoms. The molecule has 6 nitrogen and oxygen atoms in total. The molecule has 4 heterocycles. The molecule has 0 unspecified atom stereocenters. The summed E-state index contributed by atoms with van der Waals surface area (Å²) in [4.78, 5) is 14.5. The van der Waals surface area contributed by atoms with E-state index in [1.54, 1.807) is 24.6 Å². The molecule has 0 saturated carbocycles. The molecule has 8 heteroatoms. The molecular formula is C20H14FN5OS. The van der Waals surface area contributed by atoms with Crippen LogP contribution in [0.25, 0.3) is 27.6 Å². The number of imidazole rings is 1. The van der Waals surface area contributed by atoms with Crippen LogP contribution in [0.3, 0.4) is 0 Å². The molecule has 0 fully saturated rings. The molecule has 28 heavy (non-hydrogen) atoms. The predicted octanol–water partition coefficient (Wildman–Crippen LogP) is 4.86. The van der Waals surface area contributed by atoms with Crippen molar-refractivity contribution in [3.63, 3.8) is 0 Å². The van der Waals surface area contributed by atoms with Crippen LogP contribution in [0.15, 0.2) is 70.9 Å². The lowest BCUT2D eigenvalue weighted by Gasteiger charge is -2.07. The summed E-state index contributed by atoms with van der Waals surface area (Å²) in [6.45, 7) is 0.488. The molecule has 0 bridgehead atoms. The quantitative estimate of drug-likeness (QED) is 0.463. The molecule has 4 aromatic heterocycles. The number of hydrogen-bond donors (Lipinski definition) is 1. The summed E-state index contributed by atoms with van der Waals surface area (Å²) in [5.74, 6) is 1.01. The molecule has 0 aliphatic rings. The molecule has 1 aromatic carbocycles. The Kier molecular flexibility index (Phi) is 4.10. The van der Waals surface area contributed by atoms with Gasteiger partial charge in [0.1, 0.15) is 17.3 Å². The normalized spacial score (nSPS) is 11.2. The number of anilines is 1. The van der Waals surface area contributed by atoms with Crippen molar-refractivity contribution in [2.45, 2.75) is 6.54 Å². The monoisotopic (exact) mass is 391 g/mol. The molecule has 0 aliphatic heterocycles. The second-order valence-corrected chi connectivity index (χ2v) is 6.94. The smallest absolute Gasteiger partial charge is 0.223 e. The van der Waals surface area contributed by atoms with Crippen LogP contribution in [-0.2, 0) is 6.54 Å². The van der Waals surface area contributed by atoms with Crippen LogP contribution < -0.4 is 5.32 Å². The highest BCUT2D eigenvalue weighted by molar-refractivity contribution is 7.15. The number of furan rings is 1. The van der Waals surface area contributed by atoms with E-state index < -0.39 is 0 Å². The minimum Gasteiger partial charge on any atom is -0.467 e. The Hall–Kier alpha value is -3.52. The Morgan fingerprint density at radius 1 is 1.11 bits per heavy atom. The highest BCUT2D eigenvalue weighted by Crippen LogP contribution is 2.33. The molecule has 0 atom stereocenters. The van der Waals surface area contributed by atoms with E-state index in [9.17, 15) is 4.39 Å². The zero-order valence-corrected chi connectivity index (χ0v) is 15.4. The Labute approximate surface area is 163 Å². The van der Waals surface area contributed by atoms with Crippen molar-refractivity contribution in [3.05, 3.63) is 78.1 Å². The van der Waals surface area contributed by atoms with Crippen LogP contribution in [0.5, 0.6) is 0 Å². The first-order chi connectivity index (χ1) is 13.8. The molecule has 0 radical (unpaired) electrons. The van der Waals surface area contributed by atoms with Crippen molar-refractivity contribution in [3.8, 4) is 22.6 Å². The number of benzene rings is 1. The molecule has 5 rings (SSSR count). The van der Waals surface area contributed by atoms with Crippen molar-refractivity contribution in [1.82, 2.24) is 19.4 Å². The van der Waals surface area contributed by atoms with Gasteiger partial charge in [-0.05, 0) is 42.5 Å². The highest BCUT2D eigenvalue weighted by atomic mass is 32.1. The van der Waals surface area contributed by atoms with Crippen LogP contribution in [0.4, 0.5) is 10.3 Å². The molecule has 138 valence electrons. The minimum absolute atomic E-state index is 0.280. The van der Waals surface area contributed by atoms with Gasteiger partial charge in [-0.1, -0.05) is 0 Å². The van der Waals surface area contributed by atoms with E-state index in [-0.39, 0.29) is 5.82 Å². The van der Waals surface area contributed by atoms with Gasteiger partial charge in [-0.15, -0.1) is 11.3 Å². The van der Waals surface area contributed by atoms with E-state index in [0.717, 1.165) is 33.4 Å². The summed E-state index contributed by atoms with van der Waals surface area (Å²) in [5.41, 5.74) is 3.15. The third-order valence-electron chi connectivity index (χ3n) is 4.28. The fraction of sp³-hybridized carbons (Fsp3) is 0.0500. The topological polar surface area (TPSA) is 68.2 Å². The summed E-state index contributed by atoms with van der Waals surface area (Å²) < 4.78 is 20.7. The second-order valence-electron chi connectivity index (χ2n) is 6.07. The third-order valence-corrected chi connectivity index (χ3v) is 5.04. The van der Waals surface area contributed by atoms with Crippen molar-refractivity contribution >= 4 is 22.2 Å². The van der Waals surface area contributed by atoms with Crippen molar-refractivity contribution in [2.24, 2.45) is 0 Å². The first-order valence-electron chi connectivity index (χ1n) is 8.59. The fourth-order valence-corrected chi connectivity index (χ4v) is 3.71. The summed E-state index contributed by atoms with van der Waals surface area (Å²) >= 11 is 1.53. The number of fused-ring (bicyclic) bond motifs is 1. The van der Waals surface area contributed by atoms with Crippen LogP contribution >= 0.6 is 11.3 Å². The minimum atomic E-state index is -0.280. The maximum Gasteiger partial charge on any atom is 0.223 e. The maximum absolute atomic E-state index is 13.4. The van der Waals surface area contributed by atoms with Gasteiger partial charge >= 0.3 is 0 Å². The van der Waals surface area contributed by atoms with Gasteiger partial charge in [0, 0.05) is 23.3 Å². The van der Waals surface area contributed by atoms with Crippen LogP contribution in [0.1, 0.15) is 5.76 Å². The SMILES string of the molecule is Fc1ccc(-c2nc3sccn3c2-c2ccnc(NCc3ccco3)n2)cc1. The summed E-state index contributed by atoms with van der Waals surface area (Å²) in [5, 5.41) is 5.14. The molecule has 0 saturated heterocycles. The van der Waals surface area contributed by atoms with Gasteiger partial charge in [0.05, 0.1) is 24.2 Å². The zero-order valence-electron chi connectivity index (χ0n) is 14.5. The number of hydrogen-bond acceptors (Lipinski definition) is 6. The Balaban J connectivity index is 1.57. The first-order valence-corrected chi connectivity index (χ1v) is 9.47. The lowest BCUT2D eigenvalue weighted by Crippen LogP contribution is -2.03. The lowest BCUT2D eigenvalue weighted by atomic mass is 10.1. The van der Waals surface area contributed by atoms with Gasteiger partial charge in [0.15, 0.2) is 4.96 Å². The number of nitrogens with one attached hydrogen (secondary N) is 1. The number of halogens is 1. The standard InChI is InChI=1S/C20H14FN5OS/c21-14-5-3-13(4-6-14)17-18(26-9-11-28-20(26)25-17)16-7-8-22-19(24-16)23-12-15-2-1-10-27-15/h1-11H,12H2,(H,22,23,24). The van der Waals surface area contributed by atoms with Crippen LogP contribution in [-0.4, -0.2) is 19.4 Å². The van der Waals surface area contributed by atoms with Crippen molar-refractivity contribution in [1.29, 1.82) is 0 Å². The van der Waals surface area contributed by atoms with E-state index in [1.807, 2.05) is 34.2 Å². The van der Waals surface area contributed by atoms with Gasteiger partial charge in [-0.25, -0.2) is 19.3 Å². The molecular weight excluding hydrogens is 377 g/mol. The number of aromatic nitrogens is 4. The second kappa shape index (κ2) is 6.90. The summed E-state index contributed by atoms with van der Waals surface area (Å²) in [6.07, 6.45) is 5.28. The van der Waals surface area contributed by atoms with Crippen LogP contribution in [0.2, 0.25) is 0 Å². The average molecular weight is 391 g/mol. The van der Waals surface area contributed by atoms with Gasteiger partial charge in [-0.3, -0.25) is 4.40 Å². The van der Waals surface area contributed by atoms with Crippen molar-refractivity contribution in [2.75, 3.05) is 5.32 Å². The summed E-state index contributed by atoms with van der Waals surface area (Å²) in [7, 11) is 0. The number of rotatable bonds is 5. The molecule has 5 aromatic rings. The Morgan fingerprint density at radius 3 is 2.82 bits per heavy atom.